The van der Waals surface area contributed by atoms with Crippen LogP contribution in [-0.4, -0.2) is 32.1 Å². The molecule has 0 saturated heterocycles. The summed E-state index contributed by atoms with van der Waals surface area (Å²) in [6, 6.07) is 16.2. The fraction of sp³-hybridized carbons (Fsp3) is 0.381. The van der Waals surface area contributed by atoms with Gasteiger partial charge in [0.2, 0.25) is 0 Å². The predicted molar refractivity (Wildman–Crippen MR) is 103 cm³/mol. The van der Waals surface area contributed by atoms with Crippen molar-refractivity contribution in [1.82, 2.24) is 5.32 Å². The van der Waals surface area contributed by atoms with Crippen LogP contribution in [0.4, 0.5) is 5.69 Å². The standard InChI is InChI=1S/C21H28N2O2/c1-16-11-12-20(17(2)15-16)25-18(3)21(24)22-13-8-14-23(4)19-9-6-5-7-10-19/h5-7,9-12,15,18H,8,13-14H2,1-4H3,(H,22,24)/t18-/m0/s1. The van der Waals surface area contributed by atoms with Crippen molar-refractivity contribution >= 4 is 11.6 Å². The molecule has 1 amide bonds. The van der Waals surface area contributed by atoms with Crippen molar-refractivity contribution in [2.45, 2.75) is 33.3 Å². The lowest BCUT2D eigenvalue weighted by Gasteiger charge is -2.20. The molecule has 1 atom stereocenters. The first-order valence-electron chi connectivity index (χ1n) is 8.75. The van der Waals surface area contributed by atoms with E-state index in [2.05, 4.69) is 35.5 Å². The molecule has 0 bridgehead atoms. The summed E-state index contributed by atoms with van der Waals surface area (Å²) in [5.74, 6) is 0.680. The van der Waals surface area contributed by atoms with Gasteiger partial charge in [0.05, 0.1) is 0 Å². The molecule has 4 heteroatoms. The molecule has 0 aliphatic rings. The van der Waals surface area contributed by atoms with Crippen molar-refractivity contribution in [3.05, 3.63) is 59.7 Å². The molecule has 134 valence electrons. The Morgan fingerprint density at radius 3 is 2.56 bits per heavy atom. The monoisotopic (exact) mass is 340 g/mol. The van der Waals surface area contributed by atoms with Crippen LogP contribution < -0.4 is 15.0 Å². The Morgan fingerprint density at radius 1 is 1.16 bits per heavy atom. The first-order chi connectivity index (χ1) is 12.0. The van der Waals surface area contributed by atoms with E-state index in [-0.39, 0.29) is 5.91 Å². The van der Waals surface area contributed by atoms with Crippen LogP contribution in [-0.2, 0) is 4.79 Å². The van der Waals surface area contributed by atoms with Crippen LogP contribution in [0.1, 0.15) is 24.5 Å². The van der Waals surface area contributed by atoms with Gasteiger partial charge in [-0.25, -0.2) is 0 Å². The summed E-state index contributed by atoms with van der Waals surface area (Å²) in [6.07, 6.45) is 0.376. The molecule has 1 N–H and O–H groups in total. The maximum Gasteiger partial charge on any atom is 0.260 e. The van der Waals surface area contributed by atoms with Gasteiger partial charge in [-0.3, -0.25) is 4.79 Å². The Balaban J connectivity index is 1.72. The molecule has 0 aliphatic carbocycles. The van der Waals surface area contributed by atoms with Crippen LogP contribution in [0.2, 0.25) is 0 Å². The number of aryl methyl sites for hydroxylation is 2. The predicted octanol–water partition coefficient (Wildman–Crippen LogP) is 3.71. The SMILES string of the molecule is Cc1ccc(O[C@@H](C)C(=O)NCCCN(C)c2ccccc2)c(C)c1. The maximum absolute atomic E-state index is 12.2. The molecular formula is C21H28N2O2. The van der Waals surface area contributed by atoms with E-state index in [4.69, 9.17) is 4.74 Å². The van der Waals surface area contributed by atoms with E-state index < -0.39 is 6.10 Å². The van der Waals surface area contributed by atoms with Gasteiger partial charge in [-0.1, -0.05) is 35.9 Å². The largest absolute Gasteiger partial charge is 0.481 e. The zero-order valence-corrected chi connectivity index (χ0v) is 15.6. The van der Waals surface area contributed by atoms with Gasteiger partial charge in [0.15, 0.2) is 6.10 Å². The van der Waals surface area contributed by atoms with Crippen molar-refractivity contribution in [2.75, 3.05) is 25.0 Å². The highest BCUT2D eigenvalue weighted by Crippen LogP contribution is 2.20. The van der Waals surface area contributed by atoms with Crippen molar-refractivity contribution in [3.63, 3.8) is 0 Å². The van der Waals surface area contributed by atoms with Crippen LogP contribution >= 0.6 is 0 Å². The number of anilines is 1. The molecule has 0 radical (unpaired) electrons. The van der Waals surface area contributed by atoms with Gasteiger partial charge in [0.1, 0.15) is 5.75 Å². The number of nitrogens with one attached hydrogen (secondary N) is 1. The molecule has 0 fully saturated rings. The highest BCUT2D eigenvalue weighted by molar-refractivity contribution is 5.80. The summed E-state index contributed by atoms with van der Waals surface area (Å²) in [5.41, 5.74) is 3.41. The van der Waals surface area contributed by atoms with E-state index in [1.165, 1.54) is 11.3 Å². The minimum absolute atomic E-state index is 0.0812. The Labute approximate surface area is 150 Å². The number of ether oxygens (including phenoxy) is 1. The molecule has 0 unspecified atom stereocenters. The van der Waals surface area contributed by atoms with E-state index in [0.29, 0.717) is 6.54 Å². The fourth-order valence-corrected chi connectivity index (χ4v) is 2.66. The topological polar surface area (TPSA) is 41.6 Å². The van der Waals surface area contributed by atoms with Gasteiger partial charge in [-0.05, 0) is 51.0 Å². The summed E-state index contributed by atoms with van der Waals surface area (Å²) in [6.45, 7) is 7.34. The third kappa shape index (κ3) is 5.82. The van der Waals surface area contributed by atoms with Gasteiger partial charge in [-0.2, -0.15) is 0 Å². The molecule has 0 saturated carbocycles. The minimum Gasteiger partial charge on any atom is -0.481 e. The fourth-order valence-electron chi connectivity index (χ4n) is 2.66. The summed E-state index contributed by atoms with van der Waals surface area (Å²) in [5, 5.41) is 2.95. The number of carbonyl (C=O) groups is 1. The lowest BCUT2D eigenvalue weighted by molar-refractivity contribution is -0.127. The van der Waals surface area contributed by atoms with Gasteiger partial charge >= 0.3 is 0 Å². The van der Waals surface area contributed by atoms with E-state index in [0.717, 1.165) is 24.3 Å². The Kier molecular flexibility index (Phi) is 6.87. The second kappa shape index (κ2) is 9.11. The third-order valence-electron chi connectivity index (χ3n) is 4.17. The van der Waals surface area contributed by atoms with E-state index >= 15 is 0 Å². The maximum atomic E-state index is 12.2. The lowest BCUT2D eigenvalue weighted by atomic mass is 10.1. The number of rotatable bonds is 8. The normalized spacial score (nSPS) is 11.7. The molecule has 2 rings (SSSR count). The number of benzene rings is 2. The van der Waals surface area contributed by atoms with E-state index in [1.54, 1.807) is 6.92 Å². The average Bonchev–Trinajstić information content (AvgIpc) is 2.61. The minimum atomic E-state index is -0.506. The molecule has 4 nitrogen and oxygen atoms in total. The lowest BCUT2D eigenvalue weighted by Crippen LogP contribution is -2.37. The van der Waals surface area contributed by atoms with Gasteiger partial charge < -0.3 is 15.0 Å². The van der Waals surface area contributed by atoms with Crippen LogP contribution in [0, 0.1) is 13.8 Å². The molecule has 2 aromatic carbocycles. The smallest absolute Gasteiger partial charge is 0.260 e. The first-order valence-corrected chi connectivity index (χ1v) is 8.75. The number of para-hydroxylation sites is 1. The Hall–Kier alpha value is -2.49. The molecule has 2 aromatic rings. The third-order valence-corrected chi connectivity index (χ3v) is 4.17. The van der Waals surface area contributed by atoms with E-state index in [1.807, 2.05) is 44.2 Å². The molecule has 25 heavy (non-hydrogen) atoms. The zero-order chi connectivity index (χ0) is 18.2. The molecule has 0 spiro atoms. The highest BCUT2D eigenvalue weighted by Gasteiger charge is 2.15. The molecule has 0 heterocycles. The molecule has 0 aromatic heterocycles. The Morgan fingerprint density at radius 2 is 1.88 bits per heavy atom. The van der Waals surface area contributed by atoms with Crippen molar-refractivity contribution in [3.8, 4) is 5.75 Å². The summed E-state index contributed by atoms with van der Waals surface area (Å²) in [4.78, 5) is 14.4. The van der Waals surface area contributed by atoms with Crippen LogP contribution in [0.15, 0.2) is 48.5 Å². The average molecular weight is 340 g/mol. The van der Waals surface area contributed by atoms with Crippen LogP contribution in [0.5, 0.6) is 5.75 Å². The Bertz CT molecular complexity index is 686. The zero-order valence-electron chi connectivity index (χ0n) is 15.6. The number of hydrogen-bond donors (Lipinski definition) is 1. The second-order valence-corrected chi connectivity index (χ2v) is 6.43. The van der Waals surface area contributed by atoms with Gasteiger partial charge in [0.25, 0.3) is 5.91 Å². The number of nitrogens with zero attached hydrogens (tertiary/aromatic N) is 1. The summed E-state index contributed by atoms with van der Waals surface area (Å²) in [7, 11) is 2.06. The van der Waals surface area contributed by atoms with E-state index in [9.17, 15) is 4.79 Å². The van der Waals surface area contributed by atoms with Gasteiger partial charge in [-0.15, -0.1) is 0 Å². The number of amides is 1. The van der Waals surface area contributed by atoms with Crippen LogP contribution in [0.25, 0.3) is 0 Å². The van der Waals surface area contributed by atoms with Crippen molar-refractivity contribution in [1.29, 1.82) is 0 Å². The van der Waals surface area contributed by atoms with Gasteiger partial charge in [0, 0.05) is 25.8 Å². The number of carbonyl (C=O) groups excluding carboxylic acids is 1. The molecular weight excluding hydrogens is 312 g/mol. The summed E-state index contributed by atoms with van der Waals surface area (Å²) >= 11 is 0. The van der Waals surface area contributed by atoms with Crippen LogP contribution in [0.3, 0.4) is 0 Å². The quantitative estimate of drug-likeness (QED) is 0.745. The summed E-state index contributed by atoms with van der Waals surface area (Å²) < 4.78 is 5.79. The highest BCUT2D eigenvalue weighted by atomic mass is 16.5. The van der Waals surface area contributed by atoms with Crippen molar-refractivity contribution in [2.24, 2.45) is 0 Å². The second-order valence-electron chi connectivity index (χ2n) is 6.43. The van der Waals surface area contributed by atoms with Crippen molar-refractivity contribution < 1.29 is 9.53 Å². The number of hydrogen-bond acceptors (Lipinski definition) is 3. The molecule has 0 aliphatic heterocycles. The first kappa shape index (κ1) is 18.8.